The van der Waals surface area contributed by atoms with E-state index >= 15 is 0 Å². The first kappa shape index (κ1) is 24.4. The molecule has 0 radical (unpaired) electrons. The van der Waals surface area contributed by atoms with E-state index < -0.39 is 0 Å². The zero-order valence-corrected chi connectivity index (χ0v) is 20.0. The van der Waals surface area contributed by atoms with Gasteiger partial charge in [-0.2, -0.15) is 0 Å². The predicted molar refractivity (Wildman–Crippen MR) is 134 cm³/mol. The second-order valence-electron chi connectivity index (χ2n) is 7.87. The second kappa shape index (κ2) is 11.0. The van der Waals surface area contributed by atoms with Gasteiger partial charge in [0.25, 0.3) is 0 Å². The van der Waals surface area contributed by atoms with Crippen LogP contribution in [-0.4, -0.2) is 0 Å². The summed E-state index contributed by atoms with van der Waals surface area (Å²) >= 11 is 0. The molecule has 0 nitrogen and oxygen atoms in total. The van der Waals surface area contributed by atoms with Crippen molar-refractivity contribution in [2.24, 2.45) is 0 Å². The molecule has 31 heavy (non-hydrogen) atoms. The second-order valence-corrected chi connectivity index (χ2v) is 7.87. The monoisotopic (exact) mass is 446 g/mol. The van der Waals surface area contributed by atoms with Crippen LogP contribution >= 0.6 is 0 Å². The smallest absolute Gasteiger partial charge is 0.137 e. The maximum atomic E-state index is 3.75. The summed E-state index contributed by atoms with van der Waals surface area (Å²) < 4.78 is 0. The minimum absolute atomic E-state index is 0. The summed E-state index contributed by atoms with van der Waals surface area (Å²) in [5, 5.41) is 0. The summed E-state index contributed by atoms with van der Waals surface area (Å²) in [6.07, 6.45) is 3.73. The van der Waals surface area contributed by atoms with Gasteiger partial charge in [0, 0.05) is 0 Å². The molecule has 4 aromatic rings. The third kappa shape index (κ3) is 6.07. The number of aryl methyl sites for hydroxylation is 4. The molecule has 0 aromatic heterocycles. The Morgan fingerprint density at radius 1 is 0.516 bits per heavy atom. The Balaban J connectivity index is 0.000000213. The van der Waals surface area contributed by atoms with Gasteiger partial charge in [-0.25, -0.2) is 0 Å². The van der Waals surface area contributed by atoms with Crippen molar-refractivity contribution in [1.29, 1.82) is 0 Å². The van der Waals surface area contributed by atoms with Crippen LogP contribution in [0.2, 0.25) is 0 Å². The first-order valence-electron chi connectivity index (χ1n) is 10.3. The fourth-order valence-corrected chi connectivity index (χ4v) is 3.43. The Morgan fingerprint density at radius 2 is 0.774 bits per heavy atom. The maximum absolute atomic E-state index is 3.75. The molecule has 0 aliphatic carbocycles. The molecule has 4 aromatic carbocycles. The number of rotatable bonds is 4. The van der Waals surface area contributed by atoms with E-state index in [2.05, 4.69) is 114 Å². The predicted octanol–water partition coefficient (Wildman–Crippen LogP) is 8.66. The molecule has 0 N–H and O–H groups in total. The molecule has 0 atom stereocenters. The van der Waals surface area contributed by atoms with Crippen molar-refractivity contribution in [3.05, 3.63) is 119 Å². The molecule has 0 saturated heterocycles. The molecule has 0 unspecified atom stereocenters. The van der Waals surface area contributed by atoms with E-state index in [0.717, 1.165) is 0 Å². The average molecular weight is 446 g/mol. The van der Waals surface area contributed by atoms with Crippen molar-refractivity contribution in [2.75, 3.05) is 0 Å². The summed E-state index contributed by atoms with van der Waals surface area (Å²) in [4.78, 5) is 0. The molecule has 0 spiro atoms. The van der Waals surface area contributed by atoms with Gasteiger partial charge in [-0.05, 0) is 11.1 Å². The summed E-state index contributed by atoms with van der Waals surface area (Å²) in [6.45, 7) is 16.1. The molecule has 0 saturated carbocycles. The molecular weight excluding hydrogens is 416 g/mol. The topological polar surface area (TPSA) is 0 Å². The largest absolute Gasteiger partial charge is 2.00 e. The summed E-state index contributed by atoms with van der Waals surface area (Å²) in [7, 11) is 0. The van der Waals surface area contributed by atoms with Gasteiger partial charge in [0.05, 0.1) is 0 Å². The van der Waals surface area contributed by atoms with Gasteiger partial charge in [-0.15, -0.1) is 81.9 Å². The minimum atomic E-state index is 0. The molecule has 0 heterocycles. The van der Waals surface area contributed by atoms with Crippen LogP contribution in [-0.2, 0) is 17.1 Å². The molecular formula is C30H30Fe. The van der Waals surface area contributed by atoms with E-state index in [4.69, 9.17) is 0 Å². The number of hydrogen-bond acceptors (Lipinski definition) is 0. The fourth-order valence-electron chi connectivity index (χ4n) is 3.43. The zero-order chi connectivity index (χ0) is 21.7. The van der Waals surface area contributed by atoms with Crippen molar-refractivity contribution in [3.8, 4) is 22.3 Å². The summed E-state index contributed by atoms with van der Waals surface area (Å²) in [5.41, 5.74) is 12.9. The van der Waals surface area contributed by atoms with Crippen LogP contribution in [0.3, 0.4) is 0 Å². The van der Waals surface area contributed by atoms with E-state index in [1.807, 2.05) is 12.2 Å². The van der Waals surface area contributed by atoms with Crippen LogP contribution < -0.4 is 0 Å². The van der Waals surface area contributed by atoms with Gasteiger partial charge in [-0.1, -0.05) is 88.4 Å². The molecule has 4 rings (SSSR count). The molecule has 0 amide bonds. The van der Waals surface area contributed by atoms with Crippen molar-refractivity contribution < 1.29 is 17.1 Å². The van der Waals surface area contributed by atoms with E-state index in [1.165, 1.54) is 55.6 Å². The van der Waals surface area contributed by atoms with E-state index in [-0.39, 0.29) is 17.1 Å². The Labute approximate surface area is 198 Å². The van der Waals surface area contributed by atoms with Gasteiger partial charge in [-0.3, -0.25) is 0 Å². The normalized spacial score (nSPS) is 9.94. The van der Waals surface area contributed by atoms with Gasteiger partial charge < -0.3 is 0 Å². The van der Waals surface area contributed by atoms with Crippen molar-refractivity contribution in [2.45, 2.75) is 27.7 Å². The van der Waals surface area contributed by atoms with Gasteiger partial charge in [0.15, 0.2) is 0 Å². The standard InChI is InChI=1S/2C15H15.Fe/c2*1-4-13-5-7-14(8-6-13)15-9-11(2)12(3)10-15;/h2*4-10H,1H2,2-3H3;/q2*-1;+2. The quantitative estimate of drug-likeness (QED) is 0.217. The molecule has 0 aliphatic rings. The first-order chi connectivity index (χ1) is 14.4. The fraction of sp³-hybridized carbons (Fsp3) is 0.133. The number of benzene rings is 2. The van der Waals surface area contributed by atoms with Crippen LogP contribution in [0.15, 0.2) is 86.0 Å². The molecule has 1 heteroatoms. The SMILES string of the molecule is C=Cc1ccc(-[c-]2cc(C)c(C)c2)cc1.C=Cc1ccc(-[c-]2cc(C)c(C)c2)cc1.[Fe+2]. The van der Waals surface area contributed by atoms with Gasteiger partial charge in [0.2, 0.25) is 0 Å². The van der Waals surface area contributed by atoms with Crippen molar-refractivity contribution >= 4 is 12.2 Å². The van der Waals surface area contributed by atoms with Crippen LogP contribution in [0.5, 0.6) is 0 Å². The van der Waals surface area contributed by atoms with Crippen LogP contribution in [0, 0.1) is 27.7 Å². The van der Waals surface area contributed by atoms with Crippen LogP contribution in [0.1, 0.15) is 33.4 Å². The molecule has 0 bridgehead atoms. The molecule has 158 valence electrons. The average Bonchev–Trinajstić information content (AvgIpc) is 3.29. The van der Waals surface area contributed by atoms with E-state index in [0.29, 0.717) is 0 Å². The zero-order valence-electron chi connectivity index (χ0n) is 18.9. The summed E-state index contributed by atoms with van der Waals surface area (Å²) in [6, 6.07) is 25.9. The Bertz CT molecular complexity index is 1000. The van der Waals surface area contributed by atoms with Crippen LogP contribution in [0.25, 0.3) is 34.4 Å². The van der Waals surface area contributed by atoms with Crippen molar-refractivity contribution in [3.63, 3.8) is 0 Å². The summed E-state index contributed by atoms with van der Waals surface area (Å²) in [5.74, 6) is 0. The van der Waals surface area contributed by atoms with Gasteiger partial charge >= 0.3 is 17.1 Å². The minimum Gasteiger partial charge on any atom is -0.137 e. The van der Waals surface area contributed by atoms with E-state index in [1.54, 1.807) is 0 Å². The Hall–Kier alpha value is -2.86. The van der Waals surface area contributed by atoms with Crippen LogP contribution in [0.4, 0.5) is 0 Å². The van der Waals surface area contributed by atoms with Gasteiger partial charge in [0.1, 0.15) is 0 Å². The third-order valence-corrected chi connectivity index (χ3v) is 5.69. The Morgan fingerprint density at radius 3 is 1.00 bits per heavy atom. The number of hydrogen-bond donors (Lipinski definition) is 0. The molecule has 0 fully saturated rings. The van der Waals surface area contributed by atoms with E-state index in [9.17, 15) is 0 Å². The third-order valence-electron chi connectivity index (χ3n) is 5.69. The molecule has 0 aliphatic heterocycles. The Kier molecular flexibility index (Phi) is 8.63. The van der Waals surface area contributed by atoms with Crippen molar-refractivity contribution in [1.82, 2.24) is 0 Å². The maximum Gasteiger partial charge on any atom is 2.00 e. The first-order valence-corrected chi connectivity index (χ1v) is 10.3.